The van der Waals surface area contributed by atoms with Crippen LogP contribution in [0.4, 0.5) is 5.88 Å². The van der Waals surface area contributed by atoms with Gasteiger partial charge in [0.2, 0.25) is 11.8 Å². The first-order chi connectivity index (χ1) is 13.5. The molecule has 3 rings (SSSR count). The first kappa shape index (κ1) is 19.6. The second-order valence-electron chi connectivity index (χ2n) is 6.14. The number of anilines is 1. The van der Waals surface area contributed by atoms with Crippen molar-refractivity contribution in [3.8, 4) is 17.0 Å². The number of hydrogen-bond donors (Lipinski definition) is 1. The van der Waals surface area contributed by atoms with Gasteiger partial charge in [-0.2, -0.15) is 0 Å². The summed E-state index contributed by atoms with van der Waals surface area (Å²) < 4.78 is 10.2. The average molecular weight is 399 g/mol. The van der Waals surface area contributed by atoms with Crippen LogP contribution in [0.5, 0.6) is 5.75 Å². The molecule has 7 heteroatoms. The Hall–Kier alpha value is -3.12. The Morgan fingerprint density at radius 2 is 1.79 bits per heavy atom. The van der Waals surface area contributed by atoms with Crippen molar-refractivity contribution in [3.63, 3.8) is 0 Å². The molecule has 0 spiro atoms. The maximum atomic E-state index is 12.2. The fourth-order valence-electron chi connectivity index (χ4n) is 2.62. The van der Waals surface area contributed by atoms with Crippen LogP contribution in [0.1, 0.15) is 29.6 Å². The Balaban J connectivity index is 1.46. The molecule has 0 aliphatic heterocycles. The SMILES string of the molecule is COc1ccc(C(=O)CCCC(=O)Nc2cc(-c3ccc(Cl)cc3)no2)cc1. The molecule has 2 aromatic carbocycles. The minimum absolute atomic E-state index is 0.0138. The van der Waals surface area contributed by atoms with Crippen LogP contribution in [0.2, 0.25) is 5.02 Å². The number of ether oxygens (including phenoxy) is 1. The number of nitrogens with one attached hydrogen (secondary N) is 1. The highest BCUT2D eigenvalue weighted by Crippen LogP contribution is 2.23. The second kappa shape index (κ2) is 9.19. The molecule has 0 saturated heterocycles. The van der Waals surface area contributed by atoms with Crippen LogP contribution in [0.15, 0.2) is 59.1 Å². The lowest BCUT2D eigenvalue weighted by Gasteiger charge is -2.03. The number of halogens is 1. The Labute approximate surface area is 167 Å². The van der Waals surface area contributed by atoms with Crippen LogP contribution in [0, 0.1) is 0 Å². The van der Waals surface area contributed by atoms with E-state index in [1.54, 1.807) is 49.6 Å². The van der Waals surface area contributed by atoms with Crippen LogP contribution in [0.3, 0.4) is 0 Å². The second-order valence-corrected chi connectivity index (χ2v) is 6.57. The summed E-state index contributed by atoms with van der Waals surface area (Å²) in [7, 11) is 1.57. The predicted molar refractivity (Wildman–Crippen MR) is 107 cm³/mol. The first-order valence-corrected chi connectivity index (χ1v) is 9.13. The summed E-state index contributed by atoms with van der Waals surface area (Å²) in [5.74, 6) is 0.707. The van der Waals surface area contributed by atoms with Gasteiger partial charge in [0.25, 0.3) is 0 Å². The van der Waals surface area contributed by atoms with Crippen LogP contribution in [-0.2, 0) is 4.79 Å². The van der Waals surface area contributed by atoms with Gasteiger partial charge < -0.3 is 9.26 Å². The van der Waals surface area contributed by atoms with Gasteiger partial charge in [0, 0.05) is 35.1 Å². The van der Waals surface area contributed by atoms with Crippen LogP contribution >= 0.6 is 11.6 Å². The van der Waals surface area contributed by atoms with Crippen LogP contribution in [-0.4, -0.2) is 24.0 Å². The molecule has 0 aliphatic carbocycles. The summed E-state index contributed by atoms with van der Waals surface area (Å²) in [5, 5.41) is 7.21. The monoisotopic (exact) mass is 398 g/mol. The van der Waals surface area contributed by atoms with E-state index in [2.05, 4.69) is 10.5 Å². The van der Waals surface area contributed by atoms with E-state index in [1.807, 2.05) is 12.1 Å². The fourth-order valence-corrected chi connectivity index (χ4v) is 2.75. The third-order valence-corrected chi connectivity index (χ3v) is 4.38. The van der Waals surface area contributed by atoms with E-state index < -0.39 is 0 Å². The molecular formula is C21H19ClN2O4. The fraction of sp³-hybridized carbons (Fsp3) is 0.190. The highest BCUT2D eigenvalue weighted by molar-refractivity contribution is 6.30. The molecule has 0 atom stereocenters. The maximum absolute atomic E-state index is 12.2. The number of benzene rings is 2. The number of ketones is 1. The zero-order valence-corrected chi connectivity index (χ0v) is 16.0. The Kier molecular flexibility index (Phi) is 6.45. The van der Waals surface area contributed by atoms with Gasteiger partial charge in [-0.05, 0) is 42.8 Å². The Morgan fingerprint density at radius 1 is 1.07 bits per heavy atom. The lowest BCUT2D eigenvalue weighted by Crippen LogP contribution is -2.11. The van der Waals surface area contributed by atoms with Gasteiger partial charge in [-0.1, -0.05) is 28.9 Å². The van der Waals surface area contributed by atoms with Gasteiger partial charge in [0.15, 0.2) is 5.78 Å². The molecular weight excluding hydrogens is 380 g/mol. The smallest absolute Gasteiger partial charge is 0.231 e. The number of aromatic nitrogens is 1. The number of carbonyl (C=O) groups is 2. The molecule has 0 bridgehead atoms. The van der Waals surface area contributed by atoms with Crippen molar-refractivity contribution in [2.45, 2.75) is 19.3 Å². The zero-order valence-electron chi connectivity index (χ0n) is 15.3. The molecule has 6 nitrogen and oxygen atoms in total. The zero-order chi connectivity index (χ0) is 19.9. The van der Waals surface area contributed by atoms with Crippen molar-refractivity contribution in [3.05, 3.63) is 65.2 Å². The lowest BCUT2D eigenvalue weighted by atomic mass is 10.1. The molecule has 0 aliphatic rings. The lowest BCUT2D eigenvalue weighted by molar-refractivity contribution is -0.116. The Bertz CT molecular complexity index is 949. The standard InChI is InChI=1S/C21H19ClN2O4/c1-27-17-11-7-15(8-12-17)19(25)3-2-4-20(26)23-21-13-18(24-28-21)14-5-9-16(22)10-6-14/h5-13H,2-4H2,1H3,(H,23,26). The number of nitrogens with zero attached hydrogens (tertiary/aromatic N) is 1. The first-order valence-electron chi connectivity index (χ1n) is 8.75. The summed E-state index contributed by atoms with van der Waals surface area (Å²) >= 11 is 5.87. The molecule has 3 aromatic rings. The highest BCUT2D eigenvalue weighted by Gasteiger charge is 2.11. The topological polar surface area (TPSA) is 81.4 Å². The summed E-state index contributed by atoms with van der Waals surface area (Å²) in [5.41, 5.74) is 2.03. The molecule has 0 unspecified atom stereocenters. The number of hydrogen-bond acceptors (Lipinski definition) is 5. The van der Waals surface area contributed by atoms with E-state index in [4.69, 9.17) is 20.9 Å². The molecule has 144 valence electrons. The summed E-state index contributed by atoms with van der Waals surface area (Å²) in [6.45, 7) is 0. The quantitative estimate of drug-likeness (QED) is 0.540. The molecule has 1 amide bonds. The number of carbonyl (C=O) groups excluding carboxylic acids is 2. The van der Waals surface area contributed by atoms with Gasteiger partial charge >= 0.3 is 0 Å². The number of methoxy groups -OCH3 is 1. The Morgan fingerprint density at radius 3 is 2.46 bits per heavy atom. The van der Waals surface area contributed by atoms with Crippen LogP contribution in [0.25, 0.3) is 11.3 Å². The van der Waals surface area contributed by atoms with Crippen molar-refractivity contribution in [1.82, 2.24) is 5.16 Å². The van der Waals surface area contributed by atoms with E-state index in [9.17, 15) is 9.59 Å². The summed E-state index contributed by atoms with van der Waals surface area (Å²) in [4.78, 5) is 24.2. The van der Waals surface area contributed by atoms with E-state index in [-0.39, 0.29) is 30.4 Å². The molecule has 1 N–H and O–H groups in total. The average Bonchev–Trinajstić information content (AvgIpc) is 3.16. The molecule has 1 aromatic heterocycles. The van der Waals surface area contributed by atoms with E-state index in [0.29, 0.717) is 28.5 Å². The van der Waals surface area contributed by atoms with Crippen molar-refractivity contribution >= 4 is 29.2 Å². The third kappa shape index (κ3) is 5.20. The van der Waals surface area contributed by atoms with Crippen molar-refractivity contribution < 1.29 is 18.8 Å². The van der Waals surface area contributed by atoms with E-state index in [0.717, 1.165) is 5.56 Å². The van der Waals surface area contributed by atoms with Crippen molar-refractivity contribution in [2.24, 2.45) is 0 Å². The van der Waals surface area contributed by atoms with E-state index >= 15 is 0 Å². The molecule has 0 radical (unpaired) electrons. The number of Topliss-reactive ketones (excluding diaryl/α,β-unsaturated/α-hetero) is 1. The summed E-state index contributed by atoms with van der Waals surface area (Å²) in [6, 6.07) is 15.7. The van der Waals surface area contributed by atoms with Crippen molar-refractivity contribution in [2.75, 3.05) is 12.4 Å². The highest BCUT2D eigenvalue weighted by atomic mass is 35.5. The van der Waals surface area contributed by atoms with Gasteiger partial charge in [0.1, 0.15) is 11.4 Å². The summed E-state index contributed by atoms with van der Waals surface area (Å²) in [6.07, 6.45) is 0.930. The van der Waals surface area contributed by atoms with Gasteiger partial charge in [-0.3, -0.25) is 14.9 Å². The third-order valence-electron chi connectivity index (χ3n) is 4.13. The maximum Gasteiger partial charge on any atom is 0.231 e. The molecule has 0 saturated carbocycles. The predicted octanol–water partition coefficient (Wildman–Crippen LogP) is 5.00. The van der Waals surface area contributed by atoms with Gasteiger partial charge in [-0.25, -0.2) is 0 Å². The normalized spacial score (nSPS) is 10.5. The van der Waals surface area contributed by atoms with Crippen molar-refractivity contribution in [1.29, 1.82) is 0 Å². The van der Waals surface area contributed by atoms with E-state index in [1.165, 1.54) is 0 Å². The minimum atomic E-state index is -0.235. The number of amides is 1. The molecule has 1 heterocycles. The van der Waals surface area contributed by atoms with Gasteiger partial charge in [-0.15, -0.1) is 0 Å². The van der Waals surface area contributed by atoms with Gasteiger partial charge in [0.05, 0.1) is 7.11 Å². The largest absolute Gasteiger partial charge is 0.497 e. The number of rotatable bonds is 8. The minimum Gasteiger partial charge on any atom is -0.497 e. The van der Waals surface area contributed by atoms with Crippen LogP contribution < -0.4 is 10.1 Å². The molecule has 28 heavy (non-hydrogen) atoms. The molecule has 0 fully saturated rings.